The molecule has 4 nitrogen and oxygen atoms in total. The van der Waals surface area contributed by atoms with E-state index < -0.39 is 0 Å². The highest BCUT2D eigenvalue weighted by Crippen LogP contribution is 2.36. The van der Waals surface area contributed by atoms with Crippen molar-refractivity contribution in [2.24, 2.45) is 4.99 Å². The fourth-order valence-electron chi connectivity index (χ4n) is 3.90. The first-order valence-corrected chi connectivity index (χ1v) is 9.94. The maximum Gasteiger partial charge on any atom is 0.138 e. The van der Waals surface area contributed by atoms with Crippen LogP contribution in [0, 0.1) is 0 Å². The molecule has 0 bridgehead atoms. The molecule has 2 heterocycles. The Labute approximate surface area is 169 Å². The summed E-state index contributed by atoms with van der Waals surface area (Å²) >= 11 is 6.26. The van der Waals surface area contributed by atoms with Gasteiger partial charge in [-0.3, -0.25) is 0 Å². The van der Waals surface area contributed by atoms with Crippen molar-refractivity contribution in [2.45, 2.75) is 6.04 Å². The van der Waals surface area contributed by atoms with Crippen molar-refractivity contribution in [1.82, 2.24) is 10.2 Å². The number of hydrogen-bond acceptors (Lipinski definition) is 4. The Bertz CT molecular complexity index is 1030. The molecule has 3 aromatic rings. The number of fused-ring (bicyclic) bond motifs is 2. The number of aliphatic imine (C=N–C) groups is 1. The van der Waals surface area contributed by atoms with Crippen molar-refractivity contribution in [1.29, 1.82) is 0 Å². The molecule has 1 fully saturated rings. The van der Waals surface area contributed by atoms with Crippen LogP contribution in [0.4, 0.5) is 17.1 Å². The van der Waals surface area contributed by atoms with Gasteiger partial charge in [-0.1, -0.05) is 54.1 Å². The molecule has 0 aromatic heterocycles. The van der Waals surface area contributed by atoms with Crippen molar-refractivity contribution >= 4 is 34.5 Å². The molecular formula is C23H21ClN4. The summed E-state index contributed by atoms with van der Waals surface area (Å²) in [4.78, 5) is 7.44. The van der Waals surface area contributed by atoms with Gasteiger partial charge in [0, 0.05) is 41.9 Å². The van der Waals surface area contributed by atoms with Crippen LogP contribution >= 0.6 is 11.6 Å². The van der Waals surface area contributed by atoms with Crippen molar-refractivity contribution < 1.29 is 0 Å². The maximum atomic E-state index is 6.26. The molecule has 0 amide bonds. The molecule has 1 unspecified atom stereocenters. The normalized spacial score (nSPS) is 18.4. The first-order chi connectivity index (χ1) is 13.8. The second-order valence-electron chi connectivity index (χ2n) is 7.13. The Balaban J connectivity index is 1.57. The van der Waals surface area contributed by atoms with Crippen LogP contribution in [0.2, 0.25) is 5.02 Å². The molecule has 140 valence electrons. The highest BCUT2D eigenvalue weighted by molar-refractivity contribution is 6.31. The molecule has 0 saturated carbocycles. The third-order valence-corrected chi connectivity index (χ3v) is 5.54. The molecule has 2 N–H and O–H groups in total. The van der Waals surface area contributed by atoms with Gasteiger partial charge in [0.25, 0.3) is 0 Å². The van der Waals surface area contributed by atoms with Gasteiger partial charge in [0.05, 0.1) is 11.4 Å². The van der Waals surface area contributed by atoms with E-state index in [0.717, 1.165) is 48.1 Å². The van der Waals surface area contributed by atoms with E-state index in [1.54, 1.807) is 0 Å². The number of para-hydroxylation sites is 1. The molecule has 0 radical (unpaired) electrons. The van der Waals surface area contributed by atoms with Crippen LogP contribution in [-0.2, 0) is 0 Å². The van der Waals surface area contributed by atoms with E-state index in [0.29, 0.717) is 5.02 Å². The Morgan fingerprint density at radius 3 is 2.64 bits per heavy atom. The topological polar surface area (TPSA) is 39.7 Å². The number of anilines is 2. The monoisotopic (exact) mass is 388 g/mol. The molecule has 1 atom stereocenters. The fraction of sp³-hybridized carbons (Fsp3) is 0.174. The summed E-state index contributed by atoms with van der Waals surface area (Å²) in [5.41, 5.74) is 5.33. The lowest BCUT2D eigenvalue weighted by Gasteiger charge is -2.36. The van der Waals surface area contributed by atoms with Crippen LogP contribution in [0.25, 0.3) is 0 Å². The first kappa shape index (κ1) is 17.3. The number of benzene rings is 3. The summed E-state index contributed by atoms with van der Waals surface area (Å²) in [5, 5.41) is 7.86. The van der Waals surface area contributed by atoms with Gasteiger partial charge in [-0.15, -0.1) is 0 Å². The summed E-state index contributed by atoms with van der Waals surface area (Å²) in [6.07, 6.45) is 0. The Hall–Kier alpha value is -2.82. The smallest absolute Gasteiger partial charge is 0.138 e. The van der Waals surface area contributed by atoms with Crippen molar-refractivity contribution in [3.05, 3.63) is 88.9 Å². The molecule has 0 spiro atoms. The molecule has 28 heavy (non-hydrogen) atoms. The van der Waals surface area contributed by atoms with E-state index >= 15 is 0 Å². The Morgan fingerprint density at radius 2 is 1.75 bits per heavy atom. The number of halogens is 1. The van der Waals surface area contributed by atoms with E-state index in [4.69, 9.17) is 16.6 Å². The zero-order chi connectivity index (χ0) is 18.9. The van der Waals surface area contributed by atoms with E-state index in [9.17, 15) is 0 Å². The average molecular weight is 389 g/mol. The number of nitrogens with one attached hydrogen (secondary N) is 2. The maximum absolute atomic E-state index is 6.26. The fourth-order valence-corrected chi connectivity index (χ4v) is 4.07. The Morgan fingerprint density at radius 1 is 0.929 bits per heavy atom. The van der Waals surface area contributed by atoms with Crippen molar-refractivity contribution in [3.8, 4) is 0 Å². The third-order valence-electron chi connectivity index (χ3n) is 5.30. The Kier molecular flexibility index (Phi) is 4.51. The summed E-state index contributed by atoms with van der Waals surface area (Å²) < 4.78 is 0. The predicted molar refractivity (Wildman–Crippen MR) is 116 cm³/mol. The van der Waals surface area contributed by atoms with Crippen LogP contribution in [0.5, 0.6) is 0 Å². The lowest BCUT2D eigenvalue weighted by molar-refractivity contribution is 0.295. The zero-order valence-electron chi connectivity index (χ0n) is 15.4. The minimum absolute atomic E-state index is 0.278. The van der Waals surface area contributed by atoms with Crippen LogP contribution < -0.4 is 10.6 Å². The van der Waals surface area contributed by atoms with Gasteiger partial charge in [-0.25, -0.2) is 4.99 Å². The van der Waals surface area contributed by atoms with Gasteiger partial charge in [0.15, 0.2) is 0 Å². The standard InChI is InChI=1S/C23H21ClN4/c24-17-10-11-20-21(14-17)27-23(18-8-4-5-9-19(18)26-20)28-13-12-25-22(15-28)16-6-2-1-3-7-16/h1-11,14,22,25-26H,12-13,15H2. The number of nitrogens with zero attached hydrogens (tertiary/aromatic N) is 2. The number of hydrogen-bond donors (Lipinski definition) is 2. The quantitative estimate of drug-likeness (QED) is 0.607. The van der Waals surface area contributed by atoms with Crippen LogP contribution in [-0.4, -0.2) is 30.4 Å². The van der Waals surface area contributed by atoms with Crippen LogP contribution in [0.3, 0.4) is 0 Å². The summed E-state index contributed by atoms with van der Waals surface area (Å²) in [6.45, 7) is 2.69. The minimum atomic E-state index is 0.278. The van der Waals surface area contributed by atoms with Gasteiger partial charge in [0.1, 0.15) is 5.84 Å². The number of rotatable bonds is 1. The van der Waals surface area contributed by atoms with Gasteiger partial charge in [-0.05, 0) is 35.9 Å². The average Bonchev–Trinajstić information content (AvgIpc) is 2.91. The number of amidine groups is 1. The lowest BCUT2D eigenvalue weighted by Crippen LogP contribution is -2.48. The molecule has 1 saturated heterocycles. The summed E-state index contributed by atoms with van der Waals surface area (Å²) in [6, 6.07) is 25.0. The highest BCUT2D eigenvalue weighted by atomic mass is 35.5. The zero-order valence-corrected chi connectivity index (χ0v) is 16.2. The van der Waals surface area contributed by atoms with Gasteiger partial charge < -0.3 is 15.5 Å². The summed E-state index contributed by atoms with van der Waals surface area (Å²) in [5.74, 6) is 0.992. The largest absolute Gasteiger partial charge is 0.353 e. The number of piperazine rings is 1. The third kappa shape index (κ3) is 3.26. The van der Waals surface area contributed by atoms with E-state index in [1.165, 1.54) is 5.56 Å². The molecule has 2 aliphatic rings. The van der Waals surface area contributed by atoms with E-state index in [-0.39, 0.29) is 6.04 Å². The summed E-state index contributed by atoms with van der Waals surface area (Å²) in [7, 11) is 0. The molecule has 3 aromatic carbocycles. The highest BCUT2D eigenvalue weighted by Gasteiger charge is 2.26. The van der Waals surface area contributed by atoms with Crippen LogP contribution in [0.15, 0.2) is 77.8 Å². The predicted octanol–water partition coefficient (Wildman–Crippen LogP) is 5.12. The second-order valence-corrected chi connectivity index (χ2v) is 7.57. The van der Waals surface area contributed by atoms with Gasteiger partial charge >= 0.3 is 0 Å². The SMILES string of the molecule is Clc1ccc2c(c1)N=C(N1CCNC(c3ccccc3)C1)c1ccccc1N2. The first-order valence-electron chi connectivity index (χ1n) is 9.56. The molecule has 2 aliphatic heterocycles. The van der Waals surface area contributed by atoms with E-state index in [2.05, 4.69) is 70.1 Å². The molecular weight excluding hydrogens is 368 g/mol. The van der Waals surface area contributed by atoms with Crippen molar-refractivity contribution in [2.75, 3.05) is 25.0 Å². The molecule has 0 aliphatic carbocycles. The lowest BCUT2D eigenvalue weighted by atomic mass is 10.0. The molecule has 5 rings (SSSR count). The van der Waals surface area contributed by atoms with E-state index in [1.807, 2.05) is 18.2 Å². The minimum Gasteiger partial charge on any atom is -0.353 e. The van der Waals surface area contributed by atoms with Crippen molar-refractivity contribution in [3.63, 3.8) is 0 Å². The van der Waals surface area contributed by atoms with Crippen LogP contribution in [0.1, 0.15) is 17.2 Å². The van der Waals surface area contributed by atoms with Gasteiger partial charge in [0.2, 0.25) is 0 Å². The molecule has 5 heteroatoms. The van der Waals surface area contributed by atoms with Gasteiger partial charge in [-0.2, -0.15) is 0 Å². The second kappa shape index (κ2) is 7.30.